The lowest BCUT2D eigenvalue weighted by Gasteiger charge is -2.07. The van der Waals surface area contributed by atoms with Crippen molar-refractivity contribution in [3.05, 3.63) is 69.5 Å². The fraction of sp³-hybridized carbons (Fsp3) is 0.0714. The molecule has 5 nitrogen and oxygen atoms in total. The summed E-state index contributed by atoms with van der Waals surface area (Å²) in [6.45, 7) is 0.343. The van der Waals surface area contributed by atoms with Gasteiger partial charge in [-0.05, 0) is 23.8 Å². The summed E-state index contributed by atoms with van der Waals surface area (Å²) in [6.07, 6.45) is 0. The van der Waals surface area contributed by atoms with Gasteiger partial charge in [0.2, 0.25) is 0 Å². The van der Waals surface area contributed by atoms with Crippen LogP contribution in [-0.2, 0) is 6.54 Å². The molecule has 0 atom stereocenters. The van der Waals surface area contributed by atoms with E-state index in [9.17, 15) is 14.5 Å². The van der Waals surface area contributed by atoms with E-state index in [1.165, 1.54) is 12.1 Å². The van der Waals surface area contributed by atoms with Crippen LogP contribution in [0.1, 0.15) is 11.1 Å². The molecule has 0 saturated carbocycles. The molecule has 2 rings (SSSR count). The first-order chi connectivity index (χ1) is 9.58. The minimum atomic E-state index is -0.674. The number of nitriles is 1. The number of benzene rings is 2. The second-order valence-electron chi connectivity index (χ2n) is 4.12. The van der Waals surface area contributed by atoms with E-state index in [1.54, 1.807) is 18.2 Å². The fourth-order valence-corrected chi connectivity index (χ4v) is 1.74. The molecule has 2 aromatic carbocycles. The standard InChI is InChI=1S/C14H10FN3O2/c15-12-5-13(7-14(6-12)18(19)20)17-9-11-3-1-2-10(4-11)8-16/h1-7,17H,9H2. The van der Waals surface area contributed by atoms with Crippen molar-refractivity contribution in [3.8, 4) is 6.07 Å². The number of rotatable bonds is 4. The molecule has 0 aliphatic rings. The van der Waals surface area contributed by atoms with Gasteiger partial charge in [-0.15, -0.1) is 0 Å². The second kappa shape index (κ2) is 5.80. The number of non-ortho nitro benzene ring substituents is 1. The molecule has 0 aromatic heterocycles. The maximum Gasteiger partial charge on any atom is 0.274 e. The highest BCUT2D eigenvalue weighted by Gasteiger charge is 2.09. The quantitative estimate of drug-likeness (QED) is 0.684. The van der Waals surface area contributed by atoms with Crippen molar-refractivity contribution < 1.29 is 9.31 Å². The van der Waals surface area contributed by atoms with Gasteiger partial charge in [0.15, 0.2) is 0 Å². The Balaban J connectivity index is 2.14. The van der Waals surface area contributed by atoms with Crippen molar-refractivity contribution in [2.75, 3.05) is 5.32 Å². The molecule has 1 N–H and O–H groups in total. The summed E-state index contributed by atoms with van der Waals surface area (Å²) < 4.78 is 13.2. The van der Waals surface area contributed by atoms with Crippen molar-refractivity contribution in [1.82, 2.24) is 0 Å². The van der Waals surface area contributed by atoms with Crippen molar-refractivity contribution in [3.63, 3.8) is 0 Å². The molecule has 0 saturated heterocycles. The highest BCUT2D eigenvalue weighted by atomic mass is 19.1. The number of hydrogen-bond donors (Lipinski definition) is 1. The zero-order chi connectivity index (χ0) is 14.5. The molecule has 100 valence electrons. The summed E-state index contributed by atoms with van der Waals surface area (Å²) in [5.74, 6) is -0.674. The average molecular weight is 271 g/mol. The summed E-state index contributed by atoms with van der Waals surface area (Å²) in [5.41, 5.74) is 1.36. The van der Waals surface area contributed by atoms with Crippen LogP contribution in [0.15, 0.2) is 42.5 Å². The largest absolute Gasteiger partial charge is 0.381 e. The van der Waals surface area contributed by atoms with Gasteiger partial charge in [-0.25, -0.2) is 4.39 Å². The Kier molecular flexibility index (Phi) is 3.91. The van der Waals surface area contributed by atoms with Crippen molar-refractivity contribution in [1.29, 1.82) is 5.26 Å². The van der Waals surface area contributed by atoms with Gasteiger partial charge in [-0.1, -0.05) is 12.1 Å². The van der Waals surface area contributed by atoms with Crippen molar-refractivity contribution >= 4 is 11.4 Å². The van der Waals surface area contributed by atoms with Crippen LogP contribution in [0, 0.1) is 27.3 Å². The van der Waals surface area contributed by atoms with Gasteiger partial charge in [-0.3, -0.25) is 10.1 Å². The predicted molar refractivity (Wildman–Crippen MR) is 71.5 cm³/mol. The number of halogens is 1. The first-order valence-corrected chi connectivity index (χ1v) is 5.76. The van der Waals surface area contributed by atoms with E-state index in [0.717, 1.165) is 11.6 Å². The zero-order valence-electron chi connectivity index (χ0n) is 10.3. The van der Waals surface area contributed by atoms with Gasteiger partial charge in [0, 0.05) is 18.3 Å². The Bertz CT molecular complexity index is 695. The summed E-state index contributed by atoms with van der Waals surface area (Å²) >= 11 is 0. The number of anilines is 1. The maximum atomic E-state index is 13.2. The molecule has 0 radical (unpaired) electrons. The van der Waals surface area contributed by atoms with E-state index >= 15 is 0 Å². The normalized spacial score (nSPS) is 9.80. The van der Waals surface area contributed by atoms with Crippen LogP contribution in [0.5, 0.6) is 0 Å². The van der Waals surface area contributed by atoms with Gasteiger partial charge >= 0.3 is 0 Å². The van der Waals surface area contributed by atoms with E-state index < -0.39 is 10.7 Å². The van der Waals surface area contributed by atoms with Crippen molar-refractivity contribution in [2.24, 2.45) is 0 Å². The number of nitrogens with one attached hydrogen (secondary N) is 1. The molecular formula is C14H10FN3O2. The zero-order valence-corrected chi connectivity index (χ0v) is 10.3. The molecule has 0 amide bonds. The number of hydrogen-bond acceptors (Lipinski definition) is 4. The van der Waals surface area contributed by atoms with E-state index in [0.29, 0.717) is 17.8 Å². The van der Waals surface area contributed by atoms with Gasteiger partial charge in [0.1, 0.15) is 5.82 Å². The molecule has 6 heteroatoms. The van der Waals surface area contributed by atoms with Crippen LogP contribution < -0.4 is 5.32 Å². The lowest BCUT2D eigenvalue weighted by Crippen LogP contribution is -2.01. The van der Waals surface area contributed by atoms with Crippen LogP contribution in [0.25, 0.3) is 0 Å². The third-order valence-corrected chi connectivity index (χ3v) is 2.65. The van der Waals surface area contributed by atoms with Gasteiger partial charge in [0.25, 0.3) is 5.69 Å². The minimum absolute atomic E-state index is 0.307. The smallest absolute Gasteiger partial charge is 0.274 e. The van der Waals surface area contributed by atoms with Crippen LogP contribution in [0.3, 0.4) is 0 Å². The minimum Gasteiger partial charge on any atom is -0.381 e. The van der Waals surface area contributed by atoms with E-state index in [4.69, 9.17) is 5.26 Å². The fourth-order valence-electron chi connectivity index (χ4n) is 1.74. The first kappa shape index (κ1) is 13.5. The Hall–Kier alpha value is -2.94. The van der Waals surface area contributed by atoms with Crippen LogP contribution in [-0.4, -0.2) is 4.92 Å². The summed E-state index contributed by atoms with van der Waals surface area (Å²) in [4.78, 5) is 9.99. The van der Waals surface area contributed by atoms with E-state index in [1.807, 2.05) is 12.1 Å². The van der Waals surface area contributed by atoms with Crippen molar-refractivity contribution in [2.45, 2.75) is 6.54 Å². The number of nitrogens with zero attached hydrogens (tertiary/aromatic N) is 2. The number of nitro benzene ring substituents is 1. The third kappa shape index (κ3) is 3.29. The van der Waals surface area contributed by atoms with E-state index in [-0.39, 0.29) is 5.69 Å². The Morgan fingerprint density at radius 1 is 1.30 bits per heavy atom. The molecule has 0 unspecified atom stereocenters. The molecule has 0 aliphatic carbocycles. The summed E-state index contributed by atoms with van der Waals surface area (Å²) in [6, 6.07) is 12.2. The third-order valence-electron chi connectivity index (χ3n) is 2.65. The molecule has 0 heterocycles. The molecule has 0 aliphatic heterocycles. The first-order valence-electron chi connectivity index (χ1n) is 5.76. The van der Waals surface area contributed by atoms with Crippen LogP contribution in [0.2, 0.25) is 0 Å². The molecule has 20 heavy (non-hydrogen) atoms. The molecule has 0 spiro atoms. The van der Waals surface area contributed by atoms with Gasteiger partial charge in [-0.2, -0.15) is 5.26 Å². The number of nitro groups is 1. The topological polar surface area (TPSA) is 79.0 Å². The molecule has 0 bridgehead atoms. The lowest BCUT2D eigenvalue weighted by molar-refractivity contribution is -0.385. The second-order valence-corrected chi connectivity index (χ2v) is 4.12. The predicted octanol–water partition coefficient (Wildman–Crippen LogP) is 3.22. The SMILES string of the molecule is N#Cc1cccc(CNc2cc(F)cc([N+](=O)[O-])c2)c1. The summed E-state index contributed by atoms with van der Waals surface area (Å²) in [5, 5.41) is 22.3. The summed E-state index contributed by atoms with van der Waals surface area (Å²) in [7, 11) is 0. The average Bonchev–Trinajstić information content (AvgIpc) is 2.44. The Morgan fingerprint density at radius 3 is 2.80 bits per heavy atom. The van der Waals surface area contributed by atoms with E-state index in [2.05, 4.69) is 5.32 Å². The molecule has 2 aromatic rings. The molecule has 0 fully saturated rings. The Morgan fingerprint density at radius 2 is 2.10 bits per heavy atom. The van der Waals surface area contributed by atoms with Gasteiger partial charge in [0.05, 0.1) is 22.6 Å². The van der Waals surface area contributed by atoms with Crippen LogP contribution in [0.4, 0.5) is 15.8 Å². The van der Waals surface area contributed by atoms with Crippen LogP contribution >= 0.6 is 0 Å². The monoisotopic (exact) mass is 271 g/mol. The highest BCUT2D eigenvalue weighted by Crippen LogP contribution is 2.20. The lowest BCUT2D eigenvalue weighted by atomic mass is 10.1. The maximum absolute atomic E-state index is 13.2. The molecular weight excluding hydrogens is 261 g/mol. The van der Waals surface area contributed by atoms with Gasteiger partial charge < -0.3 is 5.32 Å². The Labute approximate surface area is 114 Å². The highest BCUT2D eigenvalue weighted by molar-refractivity contribution is 5.52.